The molecule has 1 aliphatic heterocycles. The van der Waals surface area contributed by atoms with E-state index in [4.69, 9.17) is 5.41 Å². The summed E-state index contributed by atoms with van der Waals surface area (Å²) < 4.78 is 12.8. The van der Waals surface area contributed by atoms with Gasteiger partial charge in [0.05, 0.1) is 12.3 Å². The highest BCUT2D eigenvalue weighted by Crippen LogP contribution is 2.25. The molecule has 0 bridgehead atoms. The number of hydrazone groups is 1. The first kappa shape index (κ1) is 14.1. The maximum absolute atomic E-state index is 12.8. The average molecular weight is 252 g/mol. The average Bonchev–Trinajstić information content (AvgIpc) is 2.73. The van der Waals surface area contributed by atoms with Gasteiger partial charge < -0.3 is 10.8 Å². The van der Waals surface area contributed by atoms with Crippen molar-refractivity contribution in [1.29, 1.82) is 5.41 Å². The van der Waals surface area contributed by atoms with Crippen LogP contribution in [0.15, 0.2) is 23.3 Å². The lowest BCUT2D eigenvalue weighted by Crippen LogP contribution is -2.15. The lowest BCUT2D eigenvalue weighted by atomic mass is 9.98. The Bertz CT molecular complexity index is 461. The molecule has 4 N–H and O–H groups in total. The van der Waals surface area contributed by atoms with Crippen molar-refractivity contribution in [2.24, 2.45) is 16.8 Å². The van der Waals surface area contributed by atoms with Gasteiger partial charge in [0.1, 0.15) is 17.9 Å². The summed E-state index contributed by atoms with van der Waals surface area (Å²) in [5.41, 5.74) is 5.71. The number of aromatic hydroxyl groups is 1. The summed E-state index contributed by atoms with van der Waals surface area (Å²) in [6.07, 6.45) is 1.13. The molecule has 0 unspecified atom stereocenters. The van der Waals surface area contributed by atoms with E-state index in [1.54, 1.807) is 0 Å². The lowest BCUT2D eigenvalue weighted by molar-refractivity contribution is 0.466. The molecule has 6 heteroatoms. The van der Waals surface area contributed by atoms with Crippen LogP contribution < -0.4 is 5.73 Å². The molecule has 0 saturated carbocycles. The van der Waals surface area contributed by atoms with E-state index in [0.29, 0.717) is 17.8 Å². The highest BCUT2D eigenvalue weighted by molar-refractivity contribution is 6.05. The fourth-order valence-electron chi connectivity index (χ4n) is 1.77. The van der Waals surface area contributed by atoms with Crippen molar-refractivity contribution in [2.75, 3.05) is 13.6 Å². The molecule has 1 aliphatic rings. The quantitative estimate of drug-likeness (QED) is 0.549. The standard InChI is InChI=1S/C11H12FN3O.CH5N/c1-7-5-15(6-13)14-11(7)9-3-2-8(12)4-10(9)16;1-2/h2-4,6-7,13,16H,5H2,1H3;2H2,1H3/t7-;/m1./s1. The molecule has 18 heavy (non-hydrogen) atoms. The summed E-state index contributed by atoms with van der Waals surface area (Å²) in [5.74, 6) is -0.480. The van der Waals surface area contributed by atoms with Crippen molar-refractivity contribution < 1.29 is 9.50 Å². The fourth-order valence-corrected chi connectivity index (χ4v) is 1.77. The van der Waals surface area contributed by atoms with Gasteiger partial charge in [-0.25, -0.2) is 4.39 Å². The Hall–Kier alpha value is -1.95. The molecule has 0 aliphatic carbocycles. The number of phenolic OH excluding ortho intramolecular Hbond substituents is 1. The van der Waals surface area contributed by atoms with Gasteiger partial charge in [-0.15, -0.1) is 0 Å². The zero-order valence-corrected chi connectivity index (χ0v) is 10.4. The molecule has 5 nitrogen and oxygen atoms in total. The maximum atomic E-state index is 12.8. The Labute approximate surface area is 105 Å². The van der Waals surface area contributed by atoms with Gasteiger partial charge in [0.15, 0.2) is 0 Å². The van der Waals surface area contributed by atoms with Crippen LogP contribution >= 0.6 is 0 Å². The number of nitrogens with two attached hydrogens (primary N) is 1. The van der Waals surface area contributed by atoms with Crippen LogP contribution in [0.3, 0.4) is 0 Å². The summed E-state index contributed by atoms with van der Waals surface area (Å²) in [4.78, 5) is 0. The summed E-state index contributed by atoms with van der Waals surface area (Å²) in [7, 11) is 1.50. The fraction of sp³-hybridized carbons (Fsp3) is 0.333. The predicted molar refractivity (Wildman–Crippen MR) is 69.4 cm³/mol. The Morgan fingerprint density at radius 1 is 1.56 bits per heavy atom. The van der Waals surface area contributed by atoms with E-state index >= 15 is 0 Å². The normalized spacial score (nSPS) is 17.9. The summed E-state index contributed by atoms with van der Waals surface area (Å²) in [6, 6.07) is 3.86. The van der Waals surface area contributed by atoms with Gasteiger partial charge in [0.25, 0.3) is 0 Å². The number of hydrogen-bond acceptors (Lipinski definition) is 4. The van der Waals surface area contributed by atoms with Gasteiger partial charge in [-0.05, 0) is 19.2 Å². The van der Waals surface area contributed by atoms with Gasteiger partial charge in [-0.3, -0.25) is 10.4 Å². The minimum absolute atomic E-state index is 0.109. The Balaban J connectivity index is 0.000000771. The van der Waals surface area contributed by atoms with E-state index in [9.17, 15) is 9.50 Å². The van der Waals surface area contributed by atoms with E-state index in [1.807, 2.05) is 6.92 Å². The summed E-state index contributed by atoms with van der Waals surface area (Å²) in [6.45, 7) is 2.56. The van der Waals surface area contributed by atoms with Crippen molar-refractivity contribution in [3.8, 4) is 5.75 Å². The molecule has 0 saturated heterocycles. The van der Waals surface area contributed by atoms with Gasteiger partial charge >= 0.3 is 0 Å². The third-order valence-electron chi connectivity index (χ3n) is 2.55. The van der Waals surface area contributed by atoms with Crippen LogP contribution in [0.1, 0.15) is 12.5 Å². The van der Waals surface area contributed by atoms with E-state index in [2.05, 4.69) is 10.8 Å². The molecule has 0 amide bonds. The zero-order valence-electron chi connectivity index (χ0n) is 10.4. The molecule has 1 heterocycles. The van der Waals surface area contributed by atoms with Crippen molar-refractivity contribution in [1.82, 2.24) is 5.01 Å². The van der Waals surface area contributed by atoms with Crippen molar-refractivity contribution in [3.63, 3.8) is 0 Å². The van der Waals surface area contributed by atoms with E-state index in [1.165, 1.54) is 24.2 Å². The molecule has 1 atom stereocenters. The van der Waals surface area contributed by atoms with E-state index in [0.717, 1.165) is 12.4 Å². The number of nitrogens with one attached hydrogen (secondary N) is 1. The third-order valence-corrected chi connectivity index (χ3v) is 2.55. The summed E-state index contributed by atoms with van der Waals surface area (Å²) >= 11 is 0. The third kappa shape index (κ3) is 2.84. The lowest BCUT2D eigenvalue weighted by Gasteiger charge is -2.07. The SMILES string of the molecule is CN.C[C@@H]1CN(C=N)N=C1c1ccc(F)cc1O. The topological polar surface area (TPSA) is 85.7 Å². The first-order valence-corrected chi connectivity index (χ1v) is 5.54. The highest BCUT2D eigenvalue weighted by Gasteiger charge is 2.24. The first-order valence-electron chi connectivity index (χ1n) is 5.54. The second kappa shape index (κ2) is 6.11. The number of halogens is 1. The van der Waals surface area contributed by atoms with Crippen molar-refractivity contribution in [3.05, 3.63) is 29.6 Å². The molecule has 1 aromatic carbocycles. The molecule has 0 fully saturated rings. The molecule has 2 rings (SSSR count). The minimum atomic E-state index is -0.476. The smallest absolute Gasteiger partial charge is 0.127 e. The number of hydrogen-bond donors (Lipinski definition) is 3. The van der Waals surface area contributed by atoms with Crippen LogP contribution in [0.25, 0.3) is 0 Å². The first-order chi connectivity index (χ1) is 8.61. The molecular formula is C12H17FN4O. The van der Waals surface area contributed by atoms with Crippen LogP contribution in [-0.4, -0.2) is 35.8 Å². The van der Waals surface area contributed by atoms with Crippen molar-refractivity contribution >= 4 is 12.1 Å². The Morgan fingerprint density at radius 2 is 2.22 bits per heavy atom. The zero-order chi connectivity index (χ0) is 13.7. The second-order valence-electron chi connectivity index (χ2n) is 3.80. The number of nitrogens with zero attached hydrogens (tertiary/aromatic N) is 2. The number of phenols is 1. The maximum Gasteiger partial charge on any atom is 0.127 e. The molecule has 98 valence electrons. The van der Waals surface area contributed by atoms with E-state index < -0.39 is 5.82 Å². The molecular weight excluding hydrogens is 235 g/mol. The molecule has 0 aromatic heterocycles. The summed E-state index contributed by atoms with van der Waals surface area (Å²) in [5, 5.41) is 22.4. The molecule has 1 aromatic rings. The second-order valence-corrected chi connectivity index (χ2v) is 3.80. The van der Waals surface area contributed by atoms with Gasteiger partial charge in [-0.2, -0.15) is 5.10 Å². The van der Waals surface area contributed by atoms with Gasteiger partial charge in [0.2, 0.25) is 0 Å². The van der Waals surface area contributed by atoms with Crippen LogP contribution in [-0.2, 0) is 0 Å². The number of benzene rings is 1. The van der Waals surface area contributed by atoms with Gasteiger partial charge in [-0.1, -0.05) is 6.92 Å². The highest BCUT2D eigenvalue weighted by atomic mass is 19.1. The van der Waals surface area contributed by atoms with Crippen LogP contribution in [0.5, 0.6) is 5.75 Å². The number of rotatable bonds is 2. The molecule has 0 radical (unpaired) electrons. The Morgan fingerprint density at radius 3 is 2.72 bits per heavy atom. The van der Waals surface area contributed by atoms with E-state index in [-0.39, 0.29) is 11.7 Å². The van der Waals surface area contributed by atoms with Crippen LogP contribution in [0, 0.1) is 17.1 Å². The largest absolute Gasteiger partial charge is 0.507 e. The predicted octanol–water partition coefficient (Wildman–Crippen LogP) is 1.37. The van der Waals surface area contributed by atoms with Gasteiger partial charge in [0, 0.05) is 17.5 Å². The Kier molecular flexibility index (Phi) is 4.79. The molecule has 0 spiro atoms. The van der Waals surface area contributed by atoms with Crippen LogP contribution in [0.4, 0.5) is 4.39 Å². The van der Waals surface area contributed by atoms with Crippen molar-refractivity contribution in [2.45, 2.75) is 6.92 Å². The monoisotopic (exact) mass is 252 g/mol. The minimum Gasteiger partial charge on any atom is -0.507 e. The van der Waals surface area contributed by atoms with Crippen LogP contribution in [0.2, 0.25) is 0 Å².